The normalized spacial score (nSPS) is 12.4. The zero-order chi connectivity index (χ0) is 13.8. The van der Waals surface area contributed by atoms with E-state index in [1.807, 2.05) is 17.5 Å². The number of nitrogens with one attached hydrogen (secondary N) is 1. The van der Waals surface area contributed by atoms with Gasteiger partial charge < -0.3 is 5.32 Å². The van der Waals surface area contributed by atoms with Crippen LogP contribution in [-0.4, -0.2) is 0 Å². The predicted octanol–water partition coefficient (Wildman–Crippen LogP) is 5.34. The fraction of sp³-hybridized carbons (Fsp3) is 0.125. The number of benzene rings is 1. The van der Waals surface area contributed by atoms with E-state index in [0.29, 0.717) is 0 Å². The van der Waals surface area contributed by atoms with Gasteiger partial charge in [0.25, 0.3) is 0 Å². The van der Waals surface area contributed by atoms with Crippen molar-refractivity contribution in [3.8, 4) is 0 Å². The summed E-state index contributed by atoms with van der Waals surface area (Å²) in [7, 11) is 0. The molecule has 0 bridgehead atoms. The molecule has 0 saturated carbocycles. The first-order valence-corrected chi connectivity index (χ1v) is 8.51. The molecule has 0 saturated heterocycles. The van der Waals surface area contributed by atoms with Crippen molar-refractivity contribution in [3.05, 3.63) is 79.6 Å². The molecule has 0 radical (unpaired) electrons. The van der Waals surface area contributed by atoms with E-state index >= 15 is 0 Å². The van der Waals surface area contributed by atoms with Gasteiger partial charge >= 0.3 is 0 Å². The van der Waals surface area contributed by atoms with Gasteiger partial charge in [0.15, 0.2) is 0 Å². The van der Waals surface area contributed by atoms with Gasteiger partial charge in [-0.15, -0.1) is 22.7 Å². The molecule has 2 aromatic heterocycles. The third-order valence-electron chi connectivity index (χ3n) is 3.06. The smallest absolute Gasteiger partial charge is 0.0673 e. The van der Waals surface area contributed by atoms with E-state index in [9.17, 15) is 0 Å². The summed E-state index contributed by atoms with van der Waals surface area (Å²) in [5.74, 6) is 0. The molecule has 4 heteroatoms. The minimum absolute atomic E-state index is 0.233. The van der Waals surface area contributed by atoms with Gasteiger partial charge in [-0.1, -0.05) is 48.0 Å². The lowest BCUT2D eigenvalue weighted by molar-refractivity contribution is 0.618. The van der Waals surface area contributed by atoms with Crippen LogP contribution in [0.2, 0.25) is 5.02 Å². The molecule has 1 nitrogen and oxygen atoms in total. The molecular formula is C16H14ClNS2. The van der Waals surface area contributed by atoms with Crippen LogP contribution in [0.25, 0.3) is 0 Å². The van der Waals surface area contributed by atoms with Crippen molar-refractivity contribution in [2.45, 2.75) is 12.6 Å². The van der Waals surface area contributed by atoms with E-state index < -0.39 is 0 Å². The number of halogens is 1. The summed E-state index contributed by atoms with van der Waals surface area (Å²) >= 11 is 9.45. The molecule has 1 unspecified atom stereocenters. The highest BCUT2D eigenvalue weighted by atomic mass is 35.5. The van der Waals surface area contributed by atoms with Crippen molar-refractivity contribution < 1.29 is 0 Å². The molecule has 3 rings (SSSR count). The molecule has 0 fully saturated rings. The highest BCUT2D eigenvalue weighted by Crippen LogP contribution is 2.27. The average Bonchev–Trinajstić information content (AvgIpc) is 3.12. The van der Waals surface area contributed by atoms with Crippen LogP contribution in [0.3, 0.4) is 0 Å². The minimum atomic E-state index is 0.233. The summed E-state index contributed by atoms with van der Waals surface area (Å²) in [5.41, 5.74) is 1.29. The molecule has 3 aromatic rings. The van der Waals surface area contributed by atoms with Crippen molar-refractivity contribution in [2.24, 2.45) is 0 Å². The summed E-state index contributed by atoms with van der Waals surface area (Å²) < 4.78 is 0. The Morgan fingerprint density at radius 2 is 1.90 bits per heavy atom. The van der Waals surface area contributed by atoms with Crippen molar-refractivity contribution >= 4 is 34.3 Å². The fourth-order valence-corrected chi connectivity index (χ4v) is 3.98. The first-order chi connectivity index (χ1) is 9.83. The third kappa shape index (κ3) is 3.30. The average molecular weight is 320 g/mol. The Labute approximate surface area is 131 Å². The van der Waals surface area contributed by atoms with Gasteiger partial charge in [0.1, 0.15) is 0 Å². The Bertz CT molecular complexity index is 646. The SMILES string of the molecule is Clc1csc(CNC(c2ccccc2)c2cccs2)c1. The molecule has 0 aliphatic carbocycles. The predicted molar refractivity (Wildman–Crippen MR) is 88.8 cm³/mol. The molecule has 2 heterocycles. The van der Waals surface area contributed by atoms with Crippen LogP contribution in [0.1, 0.15) is 21.4 Å². The molecule has 0 spiro atoms. The Morgan fingerprint density at radius 1 is 1.05 bits per heavy atom. The quantitative estimate of drug-likeness (QED) is 0.669. The van der Waals surface area contributed by atoms with E-state index in [2.05, 4.69) is 47.1 Å². The Balaban J connectivity index is 1.80. The maximum absolute atomic E-state index is 5.98. The number of rotatable bonds is 5. The lowest BCUT2D eigenvalue weighted by Gasteiger charge is -2.17. The second-order valence-electron chi connectivity index (χ2n) is 4.47. The van der Waals surface area contributed by atoms with Gasteiger partial charge in [-0.25, -0.2) is 0 Å². The first kappa shape index (κ1) is 13.8. The van der Waals surface area contributed by atoms with Crippen LogP contribution in [0.5, 0.6) is 0 Å². The van der Waals surface area contributed by atoms with Gasteiger partial charge in [0, 0.05) is 21.7 Å². The molecule has 0 amide bonds. The topological polar surface area (TPSA) is 12.0 Å². The van der Waals surface area contributed by atoms with E-state index in [-0.39, 0.29) is 6.04 Å². The van der Waals surface area contributed by atoms with Crippen LogP contribution >= 0.6 is 34.3 Å². The Kier molecular flexibility index (Phi) is 4.53. The van der Waals surface area contributed by atoms with Gasteiger partial charge in [-0.3, -0.25) is 0 Å². The highest BCUT2D eigenvalue weighted by Gasteiger charge is 2.14. The molecular weight excluding hydrogens is 306 g/mol. The lowest BCUT2D eigenvalue weighted by Crippen LogP contribution is -2.20. The second kappa shape index (κ2) is 6.55. The summed E-state index contributed by atoms with van der Waals surface area (Å²) in [6, 6.07) is 17.1. The monoisotopic (exact) mass is 319 g/mol. The van der Waals surface area contributed by atoms with Gasteiger partial charge in [-0.05, 0) is 23.1 Å². The maximum atomic E-state index is 5.98. The third-order valence-corrected chi connectivity index (χ3v) is 5.28. The highest BCUT2D eigenvalue weighted by molar-refractivity contribution is 7.10. The molecule has 1 aromatic carbocycles. The molecule has 102 valence electrons. The first-order valence-electron chi connectivity index (χ1n) is 6.37. The zero-order valence-corrected chi connectivity index (χ0v) is 13.1. The zero-order valence-electron chi connectivity index (χ0n) is 10.8. The maximum Gasteiger partial charge on any atom is 0.0673 e. The Hall–Kier alpha value is -1.13. The van der Waals surface area contributed by atoms with Crippen LogP contribution in [0.4, 0.5) is 0 Å². The number of hydrogen-bond acceptors (Lipinski definition) is 3. The van der Waals surface area contributed by atoms with Gasteiger partial charge in [0.2, 0.25) is 0 Å². The van der Waals surface area contributed by atoms with E-state index in [4.69, 9.17) is 11.6 Å². The lowest BCUT2D eigenvalue weighted by atomic mass is 10.1. The largest absolute Gasteiger partial charge is 0.301 e. The second-order valence-corrected chi connectivity index (χ2v) is 6.88. The van der Waals surface area contributed by atoms with E-state index in [1.54, 1.807) is 22.7 Å². The minimum Gasteiger partial charge on any atom is -0.301 e. The van der Waals surface area contributed by atoms with Crippen LogP contribution in [0, 0.1) is 0 Å². The summed E-state index contributed by atoms with van der Waals surface area (Å²) in [6.07, 6.45) is 0. The van der Waals surface area contributed by atoms with Crippen molar-refractivity contribution in [2.75, 3.05) is 0 Å². The van der Waals surface area contributed by atoms with Crippen molar-refractivity contribution in [1.82, 2.24) is 5.32 Å². The number of hydrogen-bond donors (Lipinski definition) is 1. The standard InChI is InChI=1S/C16H14ClNS2/c17-13-9-14(20-11-13)10-18-16(15-7-4-8-19-15)12-5-2-1-3-6-12/h1-9,11,16,18H,10H2. The van der Waals surface area contributed by atoms with Crippen LogP contribution < -0.4 is 5.32 Å². The van der Waals surface area contributed by atoms with Crippen LogP contribution in [0.15, 0.2) is 59.3 Å². The van der Waals surface area contributed by atoms with Gasteiger partial charge in [0.05, 0.1) is 11.1 Å². The van der Waals surface area contributed by atoms with Crippen LogP contribution in [-0.2, 0) is 6.54 Å². The van der Waals surface area contributed by atoms with E-state index in [0.717, 1.165) is 11.6 Å². The Morgan fingerprint density at radius 3 is 2.55 bits per heavy atom. The molecule has 1 atom stereocenters. The van der Waals surface area contributed by atoms with Crippen molar-refractivity contribution in [1.29, 1.82) is 0 Å². The number of thiophene rings is 2. The summed E-state index contributed by atoms with van der Waals surface area (Å²) in [6.45, 7) is 0.828. The molecule has 0 aliphatic rings. The summed E-state index contributed by atoms with van der Waals surface area (Å²) in [5, 5.41) is 8.54. The van der Waals surface area contributed by atoms with E-state index in [1.165, 1.54) is 15.3 Å². The molecule has 1 N–H and O–H groups in total. The van der Waals surface area contributed by atoms with Gasteiger partial charge in [-0.2, -0.15) is 0 Å². The molecule has 20 heavy (non-hydrogen) atoms. The summed E-state index contributed by atoms with van der Waals surface area (Å²) in [4.78, 5) is 2.59. The van der Waals surface area contributed by atoms with Crippen molar-refractivity contribution in [3.63, 3.8) is 0 Å². The molecule has 0 aliphatic heterocycles. The fourth-order valence-electron chi connectivity index (χ4n) is 2.13.